The first-order valence-electron chi connectivity index (χ1n) is 8.81. The largest absolute Gasteiger partial charge is 0.444 e. The molecule has 2 N–H and O–H groups in total. The van der Waals surface area contributed by atoms with Crippen molar-refractivity contribution >= 4 is 36.0 Å². The highest BCUT2D eigenvalue weighted by molar-refractivity contribution is 14.0. The maximum absolute atomic E-state index is 11.9. The molecule has 1 aliphatic rings. The Kier molecular flexibility index (Phi) is 10.7. The van der Waals surface area contributed by atoms with Crippen LogP contribution in [-0.2, 0) is 4.74 Å². The number of ether oxygens (including phenoxy) is 1. The molecule has 1 heterocycles. The molecule has 0 aliphatic carbocycles. The van der Waals surface area contributed by atoms with E-state index >= 15 is 0 Å². The summed E-state index contributed by atoms with van der Waals surface area (Å²) in [6.45, 7) is 13.1. The van der Waals surface area contributed by atoms with Gasteiger partial charge in [0.2, 0.25) is 0 Å². The smallest absolute Gasteiger partial charge is 0.410 e. The van der Waals surface area contributed by atoms with Gasteiger partial charge in [-0.15, -0.1) is 24.0 Å². The Balaban J connectivity index is 0.00000576. The second-order valence-electron chi connectivity index (χ2n) is 7.46. The number of guanidine groups is 1. The van der Waals surface area contributed by atoms with Gasteiger partial charge in [0.1, 0.15) is 5.60 Å². The van der Waals surface area contributed by atoms with Crippen LogP contribution in [0.25, 0.3) is 0 Å². The molecule has 1 aliphatic heterocycles. The van der Waals surface area contributed by atoms with Crippen molar-refractivity contribution in [3.8, 4) is 0 Å². The molecule has 148 valence electrons. The van der Waals surface area contributed by atoms with E-state index in [-0.39, 0.29) is 36.1 Å². The van der Waals surface area contributed by atoms with Gasteiger partial charge in [-0.2, -0.15) is 0 Å². The monoisotopic (exact) mass is 469 g/mol. The average molecular weight is 469 g/mol. The summed E-state index contributed by atoms with van der Waals surface area (Å²) in [4.78, 5) is 20.2. The quantitative estimate of drug-likeness (QED) is 0.355. The zero-order chi connectivity index (χ0) is 18.3. The molecule has 0 aromatic heterocycles. The molecule has 1 rings (SSSR count). The lowest BCUT2D eigenvalue weighted by Gasteiger charge is -2.40. The van der Waals surface area contributed by atoms with Crippen molar-refractivity contribution in [3.63, 3.8) is 0 Å². The van der Waals surface area contributed by atoms with Crippen molar-refractivity contribution < 1.29 is 9.53 Å². The van der Waals surface area contributed by atoms with Crippen molar-refractivity contribution in [1.82, 2.24) is 20.4 Å². The second kappa shape index (κ2) is 11.1. The number of amides is 1. The average Bonchev–Trinajstić information content (AvgIpc) is 2.45. The molecule has 0 bridgehead atoms. The summed E-state index contributed by atoms with van der Waals surface area (Å²) in [5.74, 6) is 0.779. The first-order valence-corrected chi connectivity index (χ1v) is 8.81. The number of aliphatic imine (C=N–C) groups is 1. The molecule has 0 saturated carbocycles. The highest BCUT2D eigenvalue weighted by atomic mass is 127. The molecule has 0 spiro atoms. The van der Waals surface area contributed by atoms with E-state index in [0.29, 0.717) is 19.1 Å². The number of likely N-dealkylation sites (N-methyl/N-ethyl adjacent to an activating group) is 1. The number of carbonyl (C=O) groups is 1. The Labute approximate surface area is 170 Å². The van der Waals surface area contributed by atoms with Crippen molar-refractivity contribution in [2.24, 2.45) is 4.99 Å². The highest BCUT2D eigenvalue weighted by Crippen LogP contribution is 2.15. The van der Waals surface area contributed by atoms with Gasteiger partial charge >= 0.3 is 6.09 Å². The SMILES string of the molecule is CCC(C)N(C)CCNC(=NC)NC1CN(C(=O)OC(C)(C)C)C1.I. The van der Waals surface area contributed by atoms with Gasteiger partial charge in [0.25, 0.3) is 0 Å². The lowest BCUT2D eigenvalue weighted by atomic mass is 10.1. The van der Waals surface area contributed by atoms with E-state index in [2.05, 4.69) is 41.4 Å². The van der Waals surface area contributed by atoms with Crippen LogP contribution in [0.4, 0.5) is 4.79 Å². The zero-order valence-electron chi connectivity index (χ0n) is 16.8. The Morgan fingerprint density at radius 3 is 2.48 bits per heavy atom. The number of likely N-dealkylation sites (tertiary alicyclic amines) is 1. The molecular weight excluding hydrogens is 433 g/mol. The van der Waals surface area contributed by atoms with Crippen LogP contribution in [0.2, 0.25) is 0 Å². The van der Waals surface area contributed by atoms with Crippen LogP contribution in [-0.4, -0.2) is 79.8 Å². The van der Waals surface area contributed by atoms with Gasteiger partial charge in [0.15, 0.2) is 5.96 Å². The van der Waals surface area contributed by atoms with Crippen molar-refractivity contribution in [3.05, 3.63) is 0 Å². The van der Waals surface area contributed by atoms with Crippen LogP contribution < -0.4 is 10.6 Å². The minimum absolute atomic E-state index is 0. The van der Waals surface area contributed by atoms with E-state index in [4.69, 9.17) is 4.74 Å². The minimum atomic E-state index is -0.450. The fourth-order valence-electron chi connectivity index (χ4n) is 2.32. The fraction of sp³-hybridized carbons (Fsp3) is 0.882. The van der Waals surface area contributed by atoms with Gasteiger partial charge in [0, 0.05) is 39.3 Å². The number of halogens is 1. The third-order valence-corrected chi connectivity index (χ3v) is 4.20. The topological polar surface area (TPSA) is 69.2 Å². The summed E-state index contributed by atoms with van der Waals surface area (Å²) in [6.07, 6.45) is 0.894. The Bertz CT molecular complexity index is 433. The number of nitrogens with one attached hydrogen (secondary N) is 2. The normalized spacial score (nSPS) is 16.8. The number of hydrogen-bond acceptors (Lipinski definition) is 4. The van der Waals surface area contributed by atoms with E-state index in [1.165, 1.54) is 0 Å². The lowest BCUT2D eigenvalue weighted by Crippen LogP contribution is -2.63. The van der Waals surface area contributed by atoms with Gasteiger partial charge in [-0.05, 0) is 41.2 Å². The van der Waals surface area contributed by atoms with Crippen LogP contribution in [0.1, 0.15) is 41.0 Å². The molecule has 1 fully saturated rings. The molecule has 0 aromatic carbocycles. The summed E-state index contributed by atoms with van der Waals surface area (Å²) in [5.41, 5.74) is -0.450. The first-order chi connectivity index (χ1) is 11.2. The molecule has 1 amide bonds. The van der Waals surface area contributed by atoms with Crippen molar-refractivity contribution in [2.45, 2.75) is 58.7 Å². The van der Waals surface area contributed by atoms with Crippen LogP contribution in [0.15, 0.2) is 4.99 Å². The third-order valence-electron chi connectivity index (χ3n) is 4.20. The number of hydrogen-bond donors (Lipinski definition) is 2. The van der Waals surface area contributed by atoms with Crippen LogP contribution in [0.5, 0.6) is 0 Å². The van der Waals surface area contributed by atoms with E-state index in [0.717, 1.165) is 25.5 Å². The summed E-state index contributed by atoms with van der Waals surface area (Å²) < 4.78 is 5.35. The molecular formula is C17H36IN5O2. The first kappa shape index (κ1) is 24.2. The Hall–Kier alpha value is -0.770. The molecule has 1 saturated heterocycles. The molecule has 25 heavy (non-hydrogen) atoms. The summed E-state index contributed by atoms with van der Waals surface area (Å²) >= 11 is 0. The highest BCUT2D eigenvalue weighted by Gasteiger charge is 2.34. The van der Waals surface area contributed by atoms with Crippen molar-refractivity contribution in [2.75, 3.05) is 40.3 Å². The number of rotatable bonds is 6. The van der Waals surface area contributed by atoms with Crippen LogP contribution in [0.3, 0.4) is 0 Å². The summed E-state index contributed by atoms with van der Waals surface area (Å²) in [7, 11) is 3.90. The van der Waals surface area contributed by atoms with E-state index < -0.39 is 5.60 Å². The standard InChI is InChI=1S/C17H35N5O2.HI/c1-8-13(2)21(7)10-9-19-15(18-6)20-14-11-22(12-14)16(23)24-17(3,4)5;/h13-14H,8-12H2,1-7H3,(H2,18,19,20);1H. The van der Waals surface area contributed by atoms with E-state index in [1.54, 1.807) is 11.9 Å². The van der Waals surface area contributed by atoms with Crippen molar-refractivity contribution in [1.29, 1.82) is 0 Å². The van der Waals surface area contributed by atoms with E-state index in [1.807, 2.05) is 20.8 Å². The van der Waals surface area contributed by atoms with Gasteiger partial charge in [-0.3, -0.25) is 4.99 Å². The van der Waals surface area contributed by atoms with Gasteiger partial charge in [0.05, 0.1) is 6.04 Å². The molecule has 1 atom stereocenters. The number of carbonyl (C=O) groups excluding carboxylic acids is 1. The molecule has 8 heteroatoms. The number of nitrogens with zero attached hydrogens (tertiary/aromatic N) is 3. The lowest BCUT2D eigenvalue weighted by molar-refractivity contribution is 0.00701. The predicted octanol–water partition coefficient (Wildman–Crippen LogP) is 2.12. The molecule has 7 nitrogen and oxygen atoms in total. The van der Waals surface area contributed by atoms with Gasteiger partial charge < -0.3 is 25.2 Å². The molecule has 0 radical (unpaired) electrons. The maximum atomic E-state index is 11.9. The van der Waals surface area contributed by atoms with Crippen LogP contribution in [0, 0.1) is 0 Å². The van der Waals surface area contributed by atoms with Gasteiger partial charge in [-0.1, -0.05) is 6.92 Å². The summed E-state index contributed by atoms with van der Waals surface area (Å²) in [6, 6.07) is 0.798. The molecule has 1 unspecified atom stereocenters. The Morgan fingerprint density at radius 2 is 2.00 bits per heavy atom. The fourth-order valence-corrected chi connectivity index (χ4v) is 2.32. The Morgan fingerprint density at radius 1 is 1.40 bits per heavy atom. The third kappa shape index (κ3) is 8.94. The second-order valence-corrected chi connectivity index (χ2v) is 7.46. The predicted molar refractivity (Wildman–Crippen MR) is 114 cm³/mol. The van der Waals surface area contributed by atoms with Crippen LogP contribution >= 0.6 is 24.0 Å². The minimum Gasteiger partial charge on any atom is -0.444 e. The maximum Gasteiger partial charge on any atom is 0.410 e. The van der Waals surface area contributed by atoms with E-state index in [9.17, 15) is 4.79 Å². The van der Waals surface area contributed by atoms with Gasteiger partial charge in [-0.25, -0.2) is 4.79 Å². The summed E-state index contributed by atoms with van der Waals surface area (Å²) in [5, 5.41) is 6.66. The molecule has 0 aromatic rings. The zero-order valence-corrected chi connectivity index (χ0v) is 19.1.